The fourth-order valence-corrected chi connectivity index (χ4v) is 2.66. The van der Waals surface area contributed by atoms with Gasteiger partial charge in [0, 0.05) is 20.2 Å². The van der Waals surface area contributed by atoms with Crippen molar-refractivity contribution in [3.05, 3.63) is 23.8 Å². The molecule has 1 N–H and O–H groups in total. The van der Waals surface area contributed by atoms with E-state index in [1.54, 1.807) is 0 Å². The van der Waals surface area contributed by atoms with Crippen molar-refractivity contribution in [2.75, 3.05) is 26.9 Å². The van der Waals surface area contributed by atoms with Crippen molar-refractivity contribution in [2.24, 2.45) is 0 Å². The van der Waals surface area contributed by atoms with Gasteiger partial charge < -0.3 is 19.5 Å². The van der Waals surface area contributed by atoms with E-state index in [0.717, 1.165) is 37.4 Å². The van der Waals surface area contributed by atoms with Crippen molar-refractivity contribution < 1.29 is 14.2 Å². The predicted molar refractivity (Wildman–Crippen MR) is 72.7 cm³/mol. The molecule has 1 saturated carbocycles. The van der Waals surface area contributed by atoms with Gasteiger partial charge in [0.05, 0.1) is 5.60 Å². The highest BCUT2D eigenvalue weighted by Gasteiger charge is 2.36. The molecule has 104 valence electrons. The average molecular weight is 263 g/mol. The summed E-state index contributed by atoms with van der Waals surface area (Å²) in [5, 5.41) is 3.48. The zero-order chi connectivity index (χ0) is 13.1. The molecule has 1 aliphatic carbocycles. The van der Waals surface area contributed by atoms with Crippen LogP contribution in [-0.2, 0) is 11.3 Å². The molecular weight excluding hydrogens is 242 g/mol. The Kier molecular flexibility index (Phi) is 3.62. The van der Waals surface area contributed by atoms with E-state index in [1.807, 2.05) is 13.2 Å². The van der Waals surface area contributed by atoms with E-state index >= 15 is 0 Å². The Bertz CT molecular complexity index is 438. The summed E-state index contributed by atoms with van der Waals surface area (Å²) in [6.45, 7) is 3.03. The Balaban J connectivity index is 1.55. The van der Waals surface area contributed by atoms with Crippen LogP contribution in [0.5, 0.6) is 11.5 Å². The number of fused-ring (bicyclic) bond motifs is 1. The first-order valence-corrected chi connectivity index (χ1v) is 6.96. The summed E-state index contributed by atoms with van der Waals surface area (Å²) in [5.74, 6) is 1.71. The van der Waals surface area contributed by atoms with Gasteiger partial charge in [0.15, 0.2) is 11.5 Å². The fourth-order valence-electron chi connectivity index (χ4n) is 2.66. The molecule has 19 heavy (non-hydrogen) atoms. The molecule has 2 aliphatic rings. The minimum Gasteiger partial charge on any atom is -0.486 e. The summed E-state index contributed by atoms with van der Waals surface area (Å²) in [4.78, 5) is 0. The molecule has 0 bridgehead atoms. The quantitative estimate of drug-likeness (QED) is 0.883. The van der Waals surface area contributed by atoms with Gasteiger partial charge in [-0.1, -0.05) is 6.07 Å². The van der Waals surface area contributed by atoms with Crippen LogP contribution in [0.25, 0.3) is 0 Å². The minimum absolute atomic E-state index is 0.0772. The molecule has 1 fully saturated rings. The Morgan fingerprint density at radius 1 is 1.21 bits per heavy atom. The van der Waals surface area contributed by atoms with Crippen LogP contribution in [0.2, 0.25) is 0 Å². The summed E-state index contributed by atoms with van der Waals surface area (Å²) in [6.07, 6.45) is 3.61. The van der Waals surface area contributed by atoms with Crippen LogP contribution in [0.1, 0.15) is 24.8 Å². The highest BCUT2D eigenvalue weighted by molar-refractivity contribution is 5.43. The van der Waals surface area contributed by atoms with E-state index in [2.05, 4.69) is 17.4 Å². The number of hydrogen-bond acceptors (Lipinski definition) is 4. The first-order valence-electron chi connectivity index (χ1n) is 6.96. The maximum Gasteiger partial charge on any atom is 0.161 e. The molecule has 0 spiro atoms. The van der Waals surface area contributed by atoms with Gasteiger partial charge in [-0.2, -0.15) is 0 Å². The second-order valence-electron chi connectivity index (χ2n) is 5.32. The number of nitrogens with one attached hydrogen (secondary N) is 1. The van der Waals surface area contributed by atoms with Gasteiger partial charge in [0.2, 0.25) is 0 Å². The topological polar surface area (TPSA) is 39.7 Å². The van der Waals surface area contributed by atoms with Crippen molar-refractivity contribution >= 4 is 0 Å². The standard InChI is InChI=1S/C15H21NO3/c1-17-15(5-2-6-15)11-16-10-12-3-4-13-14(9-12)19-8-7-18-13/h3-4,9,16H,2,5-8,10-11H2,1H3. The second-order valence-corrected chi connectivity index (χ2v) is 5.32. The SMILES string of the molecule is COC1(CNCc2ccc3c(c2)OCCO3)CCC1. The molecule has 1 aliphatic heterocycles. The third kappa shape index (κ3) is 2.69. The van der Waals surface area contributed by atoms with E-state index in [1.165, 1.54) is 12.0 Å². The van der Waals surface area contributed by atoms with Crippen molar-refractivity contribution in [3.63, 3.8) is 0 Å². The van der Waals surface area contributed by atoms with Gasteiger partial charge in [-0.05, 0) is 37.0 Å². The lowest BCUT2D eigenvalue weighted by molar-refractivity contribution is -0.0695. The Labute approximate surface area is 114 Å². The van der Waals surface area contributed by atoms with Crippen LogP contribution in [0, 0.1) is 0 Å². The van der Waals surface area contributed by atoms with Gasteiger partial charge in [-0.15, -0.1) is 0 Å². The van der Waals surface area contributed by atoms with E-state index < -0.39 is 0 Å². The maximum atomic E-state index is 5.60. The molecule has 4 nitrogen and oxygen atoms in total. The van der Waals surface area contributed by atoms with Crippen molar-refractivity contribution in [3.8, 4) is 11.5 Å². The van der Waals surface area contributed by atoms with Crippen LogP contribution < -0.4 is 14.8 Å². The minimum atomic E-state index is 0.0772. The third-order valence-corrected chi connectivity index (χ3v) is 4.08. The third-order valence-electron chi connectivity index (χ3n) is 4.08. The van der Waals surface area contributed by atoms with E-state index in [0.29, 0.717) is 13.2 Å². The molecule has 0 unspecified atom stereocenters. The molecule has 0 saturated heterocycles. The fraction of sp³-hybridized carbons (Fsp3) is 0.600. The van der Waals surface area contributed by atoms with Crippen LogP contribution in [0.3, 0.4) is 0 Å². The van der Waals surface area contributed by atoms with Gasteiger partial charge >= 0.3 is 0 Å². The van der Waals surface area contributed by atoms with Crippen LogP contribution in [-0.4, -0.2) is 32.5 Å². The lowest BCUT2D eigenvalue weighted by Gasteiger charge is -2.40. The van der Waals surface area contributed by atoms with Crippen molar-refractivity contribution in [2.45, 2.75) is 31.4 Å². The summed E-state index contributed by atoms with van der Waals surface area (Å²) in [7, 11) is 1.81. The number of hydrogen-bond donors (Lipinski definition) is 1. The van der Waals surface area contributed by atoms with E-state index in [-0.39, 0.29) is 5.60 Å². The molecule has 1 aromatic rings. The van der Waals surface area contributed by atoms with Gasteiger partial charge in [-0.25, -0.2) is 0 Å². The molecule has 1 aromatic carbocycles. The largest absolute Gasteiger partial charge is 0.486 e. The Morgan fingerprint density at radius 3 is 2.68 bits per heavy atom. The summed E-state index contributed by atoms with van der Waals surface area (Å²) >= 11 is 0. The normalized spacial score (nSPS) is 19.8. The van der Waals surface area contributed by atoms with Crippen LogP contribution in [0.4, 0.5) is 0 Å². The maximum absolute atomic E-state index is 5.60. The average Bonchev–Trinajstić information content (AvgIpc) is 2.42. The number of benzene rings is 1. The smallest absolute Gasteiger partial charge is 0.161 e. The molecule has 0 atom stereocenters. The molecule has 0 radical (unpaired) electrons. The van der Waals surface area contributed by atoms with Gasteiger partial charge in [0.1, 0.15) is 13.2 Å². The predicted octanol–water partition coefficient (Wildman–Crippen LogP) is 2.12. The monoisotopic (exact) mass is 263 g/mol. The number of methoxy groups -OCH3 is 1. The van der Waals surface area contributed by atoms with Crippen LogP contribution in [0.15, 0.2) is 18.2 Å². The summed E-state index contributed by atoms with van der Waals surface area (Å²) in [6, 6.07) is 6.13. The van der Waals surface area contributed by atoms with Crippen LogP contribution >= 0.6 is 0 Å². The zero-order valence-corrected chi connectivity index (χ0v) is 11.4. The Hall–Kier alpha value is -1.26. The molecule has 4 heteroatoms. The molecule has 0 aromatic heterocycles. The van der Waals surface area contributed by atoms with Gasteiger partial charge in [-0.3, -0.25) is 0 Å². The number of ether oxygens (including phenoxy) is 3. The lowest BCUT2D eigenvalue weighted by atomic mass is 9.80. The molecule has 0 amide bonds. The second kappa shape index (κ2) is 5.39. The first kappa shape index (κ1) is 12.8. The Morgan fingerprint density at radius 2 is 2.00 bits per heavy atom. The molecular formula is C15H21NO3. The van der Waals surface area contributed by atoms with E-state index in [4.69, 9.17) is 14.2 Å². The molecule has 1 heterocycles. The summed E-state index contributed by atoms with van der Waals surface area (Å²) < 4.78 is 16.7. The first-order chi connectivity index (χ1) is 9.31. The molecule has 3 rings (SSSR count). The highest BCUT2D eigenvalue weighted by atomic mass is 16.6. The zero-order valence-electron chi connectivity index (χ0n) is 11.4. The lowest BCUT2D eigenvalue weighted by Crippen LogP contribution is -2.47. The van der Waals surface area contributed by atoms with Crippen molar-refractivity contribution in [1.29, 1.82) is 0 Å². The van der Waals surface area contributed by atoms with Gasteiger partial charge in [0.25, 0.3) is 0 Å². The number of rotatable bonds is 5. The highest BCUT2D eigenvalue weighted by Crippen LogP contribution is 2.34. The summed E-state index contributed by atoms with van der Waals surface area (Å²) in [5.41, 5.74) is 1.29. The van der Waals surface area contributed by atoms with E-state index in [9.17, 15) is 0 Å². The van der Waals surface area contributed by atoms with Crippen molar-refractivity contribution in [1.82, 2.24) is 5.32 Å².